The highest BCUT2D eigenvalue weighted by Gasteiger charge is 2.54. The summed E-state index contributed by atoms with van der Waals surface area (Å²) in [6, 6.07) is 0. The molecule has 0 aromatic carbocycles. The van der Waals surface area contributed by atoms with E-state index in [9.17, 15) is 4.79 Å². The van der Waals surface area contributed by atoms with E-state index in [2.05, 4.69) is 6.92 Å². The summed E-state index contributed by atoms with van der Waals surface area (Å²) in [5, 5.41) is 9.08. The molecule has 1 aliphatic heterocycles. The highest BCUT2D eigenvalue weighted by Crippen LogP contribution is 2.50. The van der Waals surface area contributed by atoms with Crippen molar-refractivity contribution >= 4 is 5.97 Å². The first-order chi connectivity index (χ1) is 6.49. The number of aliphatic carboxylic acids is 1. The van der Waals surface area contributed by atoms with Gasteiger partial charge in [-0.2, -0.15) is 0 Å². The first kappa shape index (κ1) is 9.97. The maximum atomic E-state index is 11.0. The van der Waals surface area contributed by atoms with Gasteiger partial charge in [0.05, 0.1) is 5.60 Å². The Balaban J connectivity index is 2.17. The second-order valence-electron chi connectivity index (χ2n) is 5.00. The lowest BCUT2D eigenvalue weighted by molar-refractivity contribution is -0.173. The van der Waals surface area contributed by atoms with Crippen molar-refractivity contribution in [1.29, 1.82) is 0 Å². The highest BCUT2D eigenvalue weighted by atomic mass is 16.6. The van der Waals surface area contributed by atoms with E-state index in [1.54, 1.807) is 6.92 Å². The van der Waals surface area contributed by atoms with Crippen molar-refractivity contribution in [2.45, 2.75) is 57.2 Å². The minimum absolute atomic E-state index is 0.118. The number of carboxylic acid groups (broad SMARTS) is 1. The summed E-state index contributed by atoms with van der Waals surface area (Å²) in [5.74, 6) is -0.294. The number of hydrogen-bond donors (Lipinski definition) is 1. The molecule has 3 unspecified atom stereocenters. The minimum atomic E-state index is -0.932. The van der Waals surface area contributed by atoms with Gasteiger partial charge in [0.15, 0.2) is 5.60 Å². The normalized spacial score (nSPS) is 47.4. The summed E-state index contributed by atoms with van der Waals surface area (Å²) in [6.07, 6.45) is 4.97. The van der Waals surface area contributed by atoms with E-state index in [0.717, 1.165) is 12.8 Å². The van der Waals surface area contributed by atoms with Crippen LogP contribution in [-0.2, 0) is 9.53 Å². The average Bonchev–Trinajstić information content (AvgIpc) is 2.62. The minimum Gasteiger partial charge on any atom is -0.479 e. The zero-order valence-electron chi connectivity index (χ0n) is 8.88. The van der Waals surface area contributed by atoms with Gasteiger partial charge >= 0.3 is 5.97 Å². The van der Waals surface area contributed by atoms with Gasteiger partial charge in [0.25, 0.3) is 0 Å². The van der Waals surface area contributed by atoms with Crippen molar-refractivity contribution in [3.63, 3.8) is 0 Å². The Labute approximate surface area is 84.4 Å². The molecule has 0 aromatic heterocycles. The molecule has 3 atom stereocenters. The Kier molecular flexibility index (Phi) is 2.11. The van der Waals surface area contributed by atoms with Crippen LogP contribution in [0.25, 0.3) is 0 Å². The lowest BCUT2D eigenvalue weighted by Crippen LogP contribution is -2.40. The molecule has 1 spiro atoms. The van der Waals surface area contributed by atoms with Crippen LogP contribution in [-0.4, -0.2) is 22.3 Å². The van der Waals surface area contributed by atoms with E-state index in [1.165, 1.54) is 12.8 Å². The van der Waals surface area contributed by atoms with E-state index < -0.39 is 11.6 Å². The fraction of sp³-hybridized carbons (Fsp3) is 0.909. The van der Waals surface area contributed by atoms with Crippen LogP contribution in [0.15, 0.2) is 0 Å². The Hall–Kier alpha value is -0.570. The van der Waals surface area contributed by atoms with Crippen molar-refractivity contribution in [2.24, 2.45) is 5.92 Å². The van der Waals surface area contributed by atoms with Crippen LogP contribution in [0, 0.1) is 5.92 Å². The second kappa shape index (κ2) is 2.96. The standard InChI is InChI=1S/C11H18O3/c1-8-4-3-5-11(8)7-6-10(2,14-11)9(12)13/h8H,3-7H2,1-2H3,(H,12,13). The average molecular weight is 198 g/mol. The molecule has 0 amide bonds. The lowest BCUT2D eigenvalue weighted by atomic mass is 9.89. The summed E-state index contributed by atoms with van der Waals surface area (Å²) < 4.78 is 5.87. The van der Waals surface area contributed by atoms with Crippen LogP contribution in [0.4, 0.5) is 0 Å². The maximum absolute atomic E-state index is 11.0. The number of carboxylic acids is 1. The zero-order valence-corrected chi connectivity index (χ0v) is 8.88. The third-order valence-electron chi connectivity index (χ3n) is 4.04. The zero-order chi connectivity index (χ0) is 10.4. The molecule has 3 nitrogen and oxygen atoms in total. The molecular weight excluding hydrogens is 180 g/mol. The molecule has 1 heterocycles. The van der Waals surface area contributed by atoms with Gasteiger partial charge in [0.1, 0.15) is 0 Å². The van der Waals surface area contributed by atoms with Crippen LogP contribution in [0.5, 0.6) is 0 Å². The monoisotopic (exact) mass is 198 g/mol. The molecule has 2 aliphatic rings. The van der Waals surface area contributed by atoms with Crippen LogP contribution >= 0.6 is 0 Å². The Morgan fingerprint density at radius 2 is 2.14 bits per heavy atom. The molecule has 1 saturated carbocycles. The molecule has 1 N–H and O–H groups in total. The van der Waals surface area contributed by atoms with Gasteiger partial charge < -0.3 is 9.84 Å². The van der Waals surface area contributed by atoms with Crippen molar-refractivity contribution in [2.75, 3.05) is 0 Å². The molecule has 0 bridgehead atoms. The van der Waals surface area contributed by atoms with Crippen LogP contribution in [0.2, 0.25) is 0 Å². The van der Waals surface area contributed by atoms with Crippen molar-refractivity contribution in [1.82, 2.24) is 0 Å². The van der Waals surface area contributed by atoms with E-state index >= 15 is 0 Å². The van der Waals surface area contributed by atoms with E-state index in [0.29, 0.717) is 12.3 Å². The topological polar surface area (TPSA) is 46.5 Å². The molecule has 2 fully saturated rings. The van der Waals surface area contributed by atoms with Crippen LogP contribution < -0.4 is 0 Å². The first-order valence-corrected chi connectivity index (χ1v) is 5.42. The summed E-state index contributed by atoms with van der Waals surface area (Å²) in [7, 11) is 0. The van der Waals surface area contributed by atoms with Gasteiger partial charge in [-0.05, 0) is 38.5 Å². The molecular formula is C11H18O3. The van der Waals surface area contributed by atoms with Crippen LogP contribution in [0.1, 0.15) is 46.0 Å². The van der Waals surface area contributed by atoms with Gasteiger partial charge in [0, 0.05) is 0 Å². The Bertz CT molecular complexity index is 263. The first-order valence-electron chi connectivity index (χ1n) is 5.42. The van der Waals surface area contributed by atoms with Crippen molar-refractivity contribution in [3.8, 4) is 0 Å². The molecule has 2 rings (SSSR count). The summed E-state index contributed by atoms with van der Waals surface area (Å²) in [5.41, 5.74) is -1.05. The molecule has 14 heavy (non-hydrogen) atoms. The smallest absolute Gasteiger partial charge is 0.335 e. The Morgan fingerprint density at radius 1 is 1.43 bits per heavy atom. The summed E-state index contributed by atoms with van der Waals surface area (Å²) >= 11 is 0. The third-order valence-corrected chi connectivity index (χ3v) is 4.04. The molecule has 3 heteroatoms. The van der Waals surface area contributed by atoms with Crippen molar-refractivity contribution in [3.05, 3.63) is 0 Å². The predicted octanol–water partition coefficient (Wildman–Crippen LogP) is 2.20. The molecule has 1 saturated heterocycles. The number of rotatable bonds is 1. The Morgan fingerprint density at radius 3 is 2.57 bits per heavy atom. The van der Waals surface area contributed by atoms with Gasteiger partial charge in [-0.15, -0.1) is 0 Å². The highest BCUT2D eigenvalue weighted by molar-refractivity contribution is 5.77. The number of hydrogen-bond acceptors (Lipinski definition) is 2. The molecule has 1 aliphatic carbocycles. The predicted molar refractivity (Wildman–Crippen MR) is 52.1 cm³/mol. The van der Waals surface area contributed by atoms with E-state index in [4.69, 9.17) is 9.84 Å². The molecule has 0 aromatic rings. The van der Waals surface area contributed by atoms with Gasteiger partial charge in [-0.1, -0.05) is 13.3 Å². The number of ether oxygens (including phenoxy) is 1. The van der Waals surface area contributed by atoms with Gasteiger partial charge in [0.2, 0.25) is 0 Å². The van der Waals surface area contributed by atoms with Gasteiger partial charge in [-0.25, -0.2) is 4.79 Å². The number of carbonyl (C=O) groups is 1. The van der Waals surface area contributed by atoms with Crippen LogP contribution in [0.3, 0.4) is 0 Å². The summed E-state index contributed by atoms with van der Waals surface area (Å²) in [4.78, 5) is 11.0. The second-order valence-corrected chi connectivity index (χ2v) is 5.00. The third kappa shape index (κ3) is 1.26. The SMILES string of the molecule is CC1CCCC12CCC(C)(C(=O)O)O2. The largest absolute Gasteiger partial charge is 0.479 e. The quantitative estimate of drug-likeness (QED) is 0.702. The molecule has 80 valence electrons. The fourth-order valence-corrected chi connectivity index (χ4v) is 2.89. The van der Waals surface area contributed by atoms with Gasteiger partial charge in [-0.3, -0.25) is 0 Å². The molecule has 0 radical (unpaired) electrons. The summed E-state index contributed by atoms with van der Waals surface area (Å²) in [6.45, 7) is 3.88. The fourth-order valence-electron chi connectivity index (χ4n) is 2.89. The van der Waals surface area contributed by atoms with Crippen molar-refractivity contribution < 1.29 is 14.6 Å². The van der Waals surface area contributed by atoms with E-state index in [-0.39, 0.29) is 5.60 Å². The lowest BCUT2D eigenvalue weighted by Gasteiger charge is -2.31. The maximum Gasteiger partial charge on any atom is 0.335 e. The van der Waals surface area contributed by atoms with E-state index in [1.807, 2.05) is 0 Å².